The van der Waals surface area contributed by atoms with Crippen LogP contribution in [0.1, 0.15) is 50.7 Å². The van der Waals surface area contributed by atoms with Crippen molar-refractivity contribution in [3.63, 3.8) is 0 Å². The van der Waals surface area contributed by atoms with Crippen molar-refractivity contribution in [3.8, 4) is 0 Å². The van der Waals surface area contributed by atoms with Gasteiger partial charge >= 0.3 is 6.09 Å². The van der Waals surface area contributed by atoms with E-state index in [0.29, 0.717) is 11.3 Å². The van der Waals surface area contributed by atoms with Gasteiger partial charge in [0, 0.05) is 18.5 Å². The second kappa shape index (κ2) is 4.24. The van der Waals surface area contributed by atoms with Gasteiger partial charge in [0.05, 0.1) is 0 Å². The fourth-order valence-corrected chi connectivity index (χ4v) is 3.64. The van der Waals surface area contributed by atoms with Crippen molar-refractivity contribution >= 4 is 6.09 Å². The molecule has 0 atom stereocenters. The van der Waals surface area contributed by atoms with E-state index in [1.165, 1.54) is 16.0 Å². The second-order valence-electron chi connectivity index (χ2n) is 7.62. The van der Waals surface area contributed by atoms with Crippen LogP contribution in [0.15, 0.2) is 24.3 Å². The van der Waals surface area contributed by atoms with E-state index in [1.807, 2.05) is 0 Å². The molecule has 0 radical (unpaired) electrons. The lowest BCUT2D eigenvalue weighted by atomic mass is 9.56. The molecule has 1 N–H and O–H groups in total. The smallest absolute Gasteiger partial charge is 0.407 e. The van der Waals surface area contributed by atoms with Gasteiger partial charge < -0.3 is 10.0 Å². The Bertz CT molecular complexity index is 530. The molecule has 0 aromatic heterocycles. The molecule has 1 saturated heterocycles. The SMILES string of the molecule is CC(C)(C)c1cccc(C2CC3(C2)CN(C(=O)O)C3)c1. The molecule has 3 nitrogen and oxygen atoms in total. The molecule has 108 valence electrons. The molecule has 1 aromatic carbocycles. The quantitative estimate of drug-likeness (QED) is 0.844. The normalized spacial score (nSPS) is 21.4. The standard InChI is InChI=1S/C17H23NO2/c1-16(2,3)14-6-4-5-12(7-14)13-8-17(9-13)10-18(11-17)15(19)20/h4-7,13H,8-11H2,1-3H3,(H,19,20). The third kappa shape index (κ3) is 2.19. The lowest BCUT2D eigenvalue weighted by Gasteiger charge is -2.58. The van der Waals surface area contributed by atoms with Crippen molar-refractivity contribution < 1.29 is 9.90 Å². The van der Waals surface area contributed by atoms with E-state index in [2.05, 4.69) is 45.0 Å². The molecule has 1 saturated carbocycles. The first kappa shape index (κ1) is 13.5. The van der Waals surface area contributed by atoms with E-state index in [-0.39, 0.29) is 5.41 Å². The van der Waals surface area contributed by atoms with Crippen LogP contribution in [0.5, 0.6) is 0 Å². The van der Waals surface area contributed by atoms with Gasteiger partial charge in [-0.2, -0.15) is 0 Å². The molecule has 1 amide bonds. The summed E-state index contributed by atoms with van der Waals surface area (Å²) < 4.78 is 0. The zero-order valence-electron chi connectivity index (χ0n) is 12.5. The number of likely N-dealkylation sites (tertiary alicyclic amines) is 1. The van der Waals surface area contributed by atoms with Crippen LogP contribution < -0.4 is 0 Å². The number of rotatable bonds is 1. The third-order valence-electron chi connectivity index (χ3n) is 4.91. The van der Waals surface area contributed by atoms with E-state index in [4.69, 9.17) is 5.11 Å². The Labute approximate surface area is 120 Å². The summed E-state index contributed by atoms with van der Waals surface area (Å²) in [5.41, 5.74) is 3.29. The van der Waals surface area contributed by atoms with Gasteiger partial charge in [-0.15, -0.1) is 0 Å². The largest absolute Gasteiger partial charge is 0.465 e. The van der Waals surface area contributed by atoms with E-state index in [0.717, 1.165) is 25.9 Å². The Balaban J connectivity index is 1.65. The number of benzene rings is 1. The number of carbonyl (C=O) groups is 1. The predicted molar refractivity (Wildman–Crippen MR) is 79.1 cm³/mol. The van der Waals surface area contributed by atoms with E-state index >= 15 is 0 Å². The zero-order valence-corrected chi connectivity index (χ0v) is 12.5. The summed E-state index contributed by atoms with van der Waals surface area (Å²) in [4.78, 5) is 12.4. The molecular formula is C17H23NO2. The van der Waals surface area contributed by atoms with Crippen LogP contribution in [-0.2, 0) is 5.41 Å². The maximum Gasteiger partial charge on any atom is 0.407 e. The molecule has 1 heterocycles. The molecule has 3 rings (SSSR count). The maximum atomic E-state index is 10.8. The highest BCUT2D eigenvalue weighted by atomic mass is 16.4. The van der Waals surface area contributed by atoms with E-state index in [1.54, 1.807) is 0 Å². The lowest BCUT2D eigenvalue weighted by Crippen LogP contribution is -2.62. The Morgan fingerprint density at radius 2 is 1.95 bits per heavy atom. The summed E-state index contributed by atoms with van der Waals surface area (Å²) in [6, 6.07) is 8.92. The summed E-state index contributed by atoms with van der Waals surface area (Å²) in [6.45, 7) is 8.19. The van der Waals surface area contributed by atoms with E-state index < -0.39 is 6.09 Å². The fraction of sp³-hybridized carbons (Fsp3) is 0.588. The van der Waals surface area contributed by atoms with Gasteiger partial charge in [-0.05, 0) is 35.3 Å². The molecule has 1 aliphatic heterocycles. The van der Waals surface area contributed by atoms with Crippen molar-refractivity contribution in [2.75, 3.05) is 13.1 Å². The van der Waals surface area contributed by atoms with Gasteiger partial charge in [0.25, 0.3) is 0 Å². The van der Waals surface area contributed by atoms with Gasteiger partial charge in [0.15, 0.2) is 0 Å². The van der Waals surface area contributed by atoms with Crippen LogP contribution in [0.3, 0.4) is 0 Å². The summed E-state index contributed by atoms with van der Waals surface area (Å²) >= 11 is 0. The van der Waals surface area contributed by atoms with Gasteiger partial charge in [-0.1, -0.05) is 45.0 Å². The summed E-state index contributed by atoms with van der Waals surface area (Å²) in [7, 11) is 0. The Morgan fingerprint density at radius 1 is 1.30 bits per heavy atom. The first-order chi connectivity index (χ1) is 9.29. The Kier molecular flexibility index (Phi) is 2.86. The van der Waals surface area contributed by atoms with Crippen LogP contribution in [0.4, 0.5) is 4.79 Å². The highest BCUT2D eigenvalue weighted by Crippen LogP contribution is 2.56. The topological polar surface area (TPSA) is 40.5 Å². The molecule has 1 spiro atoms. The van der Waals surface area contributed by atoms with Crippen LogP contribution in [0, 0.1) is 5.41 Å². The van der Waals surface area contributed by atoms with E-state index in [9.17, 15) is 4.79 Å². The highest BCUT2D eigenvalue weighted by Gasteiger charge is 2.53. The minimum absolute atomic E-state index is 0.189. The molecule has 2 aliphatic rings. The van der Waals surface area contributed by atoms with Crippen molar-refractivity contribution in [3.05, 3.63) is 35.4 Å². The van der Waals surface area contributed by atoms with Gasteiger partial charge in [-0.25, -0.2) is 4.79 Å². The maximum absolute atomic E-state index is 10.8. The number of hydrogen-bond acceptors (Lipinski definition) is 1. The molecule has 1 aromatic rings. The van der Waals surface area contributed by atoms with Crippen LogP contribution in [0.25, 0.3) is 0 Å². The van der Waals surface area contributed by atoms with Crippen molar-refractivity contribution in [2.45, 2.75) is 44.9 Å². The molecule has 3 heteroatoms. The van der Waals surface area contributed by atoms with Crippen molar-refractivity contribution in [1.82, 2.24) is 4.90 Å². The average molecular weight is 273 g/mol. The van der Waals surface area contributed by atoms with Gasteiger partial charge in [0.2, 0.25) is 0 Å². The fourth-order valence-electron chi connectivity index (χ4n) is 3.64. The predicted octanol–water partition coefficient (Wildman–Crippen LogP) is 3.84. The molecular weight excluding hydrogens is 250 g/mol. The number of nitrogens with zero attached hydrogens (tertiary/aromatic N) is 1. The second-order valence-corrected chi connectivity index (χ2v) is 7.62. The molecule has 20 heavy (non-hydrogen) atoms. The van der Waals surface area contributed by atoms with Crippen LogP contribution in [0.2, 0.25) is 0 Å². The number of amides is 1. The lowest BCUT2D eigenvalue weighted by molar-refractivity contribution is -0.0583. The van der Waals surface area contributed by atoms with Crippen molar-refractivity contribution in [2.24, 2.45) is 5.41 Å². The number of hydrogen-bond donors (Lipinski definition) is 1. The first-order valence-electron chi connectivity index (χ1n) is 7.37. The molecule has 0 unspecified atom stereocenters. The Morgan fingerprint density at radius 3 is 2.50 bits per heavy atom. The molecule has 0 bridgehead atoms. The summed E-state index contributed by atoms with van der Waals surface area (Å²) in [5, 5.41) is 8.92. The zero-order chi connectivity index (χ0) is 14.5. The van der Waals surface area contributed by atoms with Gasteiger partial charge in [-0.3, -0.25) is 0 Å². The minimum atomic E-state index is -0.770. The summed E-state index contributed by atoms with van der Waals surface area (Å²) in [5.74, 6) is 0.619. The number of carboxylic acid groups (broad SMARTS) is 1. The average Bonchev–Trinajstić information content (AvgIpc) is 2.24. The van der Waals surface area contributed by atoms with Crippen molar-refractivity contribution in [1.29, 1.82) is 0 Å². The summed E-state index contributed by atoms with van der Waals surface area (Å²) in [6.07, 6.45) is 1.52. The monoisotopic (exact) mass is 273 g/mol. The molecule has 1 aliphatic carbocycles. The first-order valence-corrected chi connectivity index (χ1v) is 7.37. The molecule has 2 fully saturated rings. The van der Waals surface area contributed by atoms with Crippen LogP contribution in [-0.4, -0.2) is 29.2 Å². The highest BCUT2D eigenvalue weighted by molar-refractivity contribution is 5.66. The van der Waals surface area contributed by atoms with Gasteiger partial charge in [0.1, 0.15) is 0 Å². The Hall–Kier alpha value is -1.51. The van der Waals surface area contributed by atoms with Crippen LogP contribution >= 0.6 is 0 Å². The third-order valence-corrected chi connectivity index (χ3v) is 4.91. The minimum Gasteiger partial charge on any atom is -0.465 e.